The van der Waals surface area contributed by atoms with Gasteiger partial charge in [0.2, 0.25) is 0 Å². The lowest BCUT2D eigenvalue weighted by atomic mass is 10.3. The Morgan fingerprint density at radius 3 is 2.50 bits per heavy atom. The van der Waals surface area contributed by atoms with Crippen molar-refractivity contribution >= 4 is 17.7 Å². The molecule has 0 radical (unpaired) electrons. The Morgan fingerprint density at radius 2 is 1.95 bits per heavy atom. The van der Waals surface area contributed by atoms with Crippen LogP contribution < -0.4 is 10.2 Å². The first-order chi connectivity index (χ1) is 9.54. The van der Waals surface area contributed by atoms with Gasteiger partial charge in [-0.15, -0.1) is 0 Å². The Kier molecular flexibility index (Phi) is 6.31. The monoisotopic (exact) mass is 282 g/mol. The molecule has 0 aliphatic heterocycles. The van der Waals surface area contributed by atoms with Crippen LogP contribution in [0.25, 0.3) is 0 Å². The van der Waals surface area contributed by atoms with Crippen molar-refractivity contribution < 1.29 is 24.5 Å². The summed E-state index contributed by atoms with van der Waals surface area (Å²) in [6.07, 6.45) is 0. The number of carbonyl (C=O) groups excluding carboxylic acids is 1. The van der Waals surface area contributed by atoms with E-state index >= 15 is 0 Å². The van der Waals surface area contributed by atoms with Gasteiger partial charge in [0.1, 0.15) is 12.3 Å². The summed E-state index contributed by atoms with van der Waals surface area (Å²) in [6, 6.07) is 5.19. The fourth-order valence-corrected chi connectivity index (χ4v) is 1.52. The Hall–Kier alpha value is -2.28. The molecular weight excluding hydrogens is 264 g/mol. The zero-order chi connectivity index (χ0) is 15.0. The van der Waals surface area contributed by atoms with E-state index in [1.807, 2.05) is 6.92 Å². The summed E-state index contributed by atoms with van der Waals surface area (Å²) in [5.41, 5.74) is 0.388. The quantitative estimate of drug-likeness (QED) is 0.649. The second kappa shape index (κ2) is 8.00. The topological polar surface area (TPSA) is 99.1 Å². The third kappa shape index (κ3) is 5.15. The summed E-state index contributed by atoms with van der Waals surface area (Å²) in [6.45, 7) is 2.58. The van der Waals surface area contributed by atoms with Crippen LogP contribution >= 0.6 is 0 Å². The lowest BCUT2D eigenvalue weighted by molar-refractivity contribution is -0.135. The standard InChI is InChI=1S/C13H18N2O5/c1-2-20-8-7-14-13(19)15(9-12(17)18)10-3-5-11(16)6-4-10/h3-6,16H,2,7-9H2,1H3,(H,14,19)(H,17,18). The van der Waals surface area contributed by atoms with Crippen molar-refractivity contribution in [3.63, 3.8) is 0 Å². The van der Waals surface area contributed by atoms with Gasteiger partial charge < -0.3 is 20.3 Å². The number of phenolic OH excluding ortho intramolecular Hbond substituents is 1. The first-order valence-corrected chi connectivity index (χ1v) is 6.18. The molecule has 0 atom stereocenters. The molecule has 0 spiro atoms. The minimum atomic E-state index is -1.13. The highest BCUT2D eigenvalue weighted by Crippen LogP contribution is 2.18. The van der Waals surface area contributed by atoms with Gasteiger partial charge in [0.25, 0.3) is 0 Å². The molecule has 2 amide bonds. The fraction of sp³-hybridized carbons (Fsp3) is 0.385. The number of phenols is 1. The van der Waals surface area contributed by atoms with Crippen molar-refractivity contribution in [2.45, 2.75) is 6.92 Å². The summed E-state index contributed by atoms with van der Waals surface area (Å²) in [7, 11) is 0. The van der Waals surface area contributed by atoms with E-state index in [0.717, 1.165) is 4.90 Å². The van der Waals surface area contributed by atoms with Crippen molar-refractivity contribution in [3.05, 3.63) is 24.3 Å². The lowest BCUT2D eigenvalue weighted by Crippen LogP contribution is -2.44. The second-order valence-corrected chi connectivity index (χ2v) is 3.93. The smallest absolute Gasteiger partial charge is 0.323 e. The molecule has 0 fully saturated rings. The number of carboxylic acid groups (broad SMARTS) is 1. The van der Waals surface area contributed by atoms with Gasteiger partial charge in [-0.25, -0.2) is 4.79 Å². The lowest BCUT2D eigenvalue weighted by Gasteiger charge is -2.21. The highest BCUT2D eigenvalue weighted by Gasteiger charge is 2.18. The number of urea groups is 1. The van der Waals surface area contributed by atoms with Gasteiger partial charge in [-0.05, 0) is 31.2 Å². The molecule has 20 heavy (non-hydrogen) atoms. The van der Waals surface area contributed by atoms with Crippen molar-refractivity contribution in [2.75, 3.05) is 31.2 Å². The first kappa shape index (κ1) is 15.8. The molecule has 7 nitrogen and oxygen atoms in total. The highest BCUT2D eigenvalue weighted by atomic mass is 16.5. The van der Waals surface area contributed by atoms with E-state index in [9.17, 15) is 14.7 Å². The Morgan fingerprint density at radius 1 is 1.30 bits per heavy atom. The predicted octanol–water partition coefficient (Wildman–Crippen LogP) is 1.03. The molecule has 3 N–H and O–H groups in total. The van der Waals surface area contributed by atoms with Gasteiger partial charge in [-0.3, -0.25) is 9.69 Å². The molecule has 0 aliphatic rings. The second-order valence-electron chi connectivity index (χ2n) is 3.93. The van der Waals surface area contributed by atoms with Crippen LogP contribution in [0.2, 0.25) is 0 Å². The van der Waals surface area contributed by atoms with Crippen LogP contribution in [-0.4, -0.2) is 48.5 Å². The summed E-state index contributed by atoms with van der Waals surface area (Å²) in [5.74, 6) is -1.08. The molecule has 0 bridgehead atoms. The third-order valence-electron chi connectivity index (χ3n) is 2.43. The van der Waals surface area contributed by atoms with E-state index in [4.69, 9.17) is 9.84 Å². The van der Waals surface area contributed by atoms with E-state index in [1.54, 1.807) is 0 Å². The number of nitrogens with one attached hydrogen (secondary N) is 1. The van der Waals surface area contributed by atoms with Crippen LogP contribution in [0.4, 0.5) is 10.5 Å². The molecular formula is C13H18N2O5. The SMILES string of the molecule is CCOCCNC(=O)N(CC(=O)O)c1ccc(O)cc1. The van der Waals surface area contributed by atoms with Crippen molar-refractivity contribution in [1.82, 2.24) is 5.32 Å². The zero-order valence-electron chi connectivity index (χ0n) is 11.2. The number of nitrogens with zero attached hydrogens (tertiary/aromatic N) is 1. The maximum Gasteiger partial charge on any atom is 0.323 e. The van der Waals surface area contributed by atoms with Gasteiger partial charge in [0.05, 0.1) is 6.61 Å². The molecule has 1 aromatic rings. The summed E-state index contributed by atoms with van der Waals surface area (Å²) in [5, 5.41) is 20.6. The van der Waals surface area contributed by atoms with Crippen LogP contribution in [0, 0.1) is 0 Å². The molecule has 7 heteroatoms. The number of amides is 2. The van der Waals surface area contributed by atoms with Crippen molar-refractivity contribution in [1.29, 1.82) is 0 Å². The normalized spacial score (nSPS) is 10.1. The number of anilines is 1. The van der Waals surface area contributed by atoms with E-state index < -0.39 is 18.5 Å². The molecule has 0 aliphatic carbocycles. The van der Waals surface area contributed by atoms with E-state index in [1.165, 1.54) is 24.3 Å². The molecule has 1 rings (SSSR count). The van der Waals surface area contributed by atoms with Gasteiger partial charge in [0, 0.05) is 18.8 Å². The van der Waals surface area contributed by atoms with E-state index in [2.05, 4.69) is 5.32 Å². The molecule has 1 aromatic carbocycles. The van der Waals surface area contributed by atoms with Gasteiger partial charge in [0.15, 0.2) is 0 Å². The Bertz CT molecular complexity index is 447. The number of carboxylic acids is 1. The van der Waals surface area contributed by atoms with E-state index in [-0.39, 0.29) is 5.75 Å². The minimum Gasteiger partial charge on any atom is -0.508 e. The van der Waals surface area contributed by atoms with E-state index in [0.29, 0.717) is 25.4 Å². The van der Waals surface area contributed by atoms with Gasteiger partial charge in [-0.2, -0.15) is 0 Å². The number of hydrogen-bond donors (Lipinski definition) is 3. The molecule has 0 saturated heterocycles. The average Bonchev–Trinajstić information content (AvgIpc) is 2.42. The number of aliphatic carboxylic acids is 1. The van der Waals surface area contributed by atoms with Gasteiger partial charge in [-0.1, -0.05) is 0 Å². The molecule has 0 unspecified atom stereocenters. The number of rotatable bonds is 7. The molecule has 0 aromatic heterocycles. The number of benzene rings is 1. The fourth-order valence-electron chi connectivity index (χ4n) is 1.52. The molecule has 110 valence electrons. The number of aromatic hydroxyl groups is 1. The number of hydrogen-bond acceptors (Lipinski definition) is 4. The summed E-state index contributed by atoms with van der Waals surface area (Å²) >= 11 is 0. The maximum absolute atomic E-state index is 12.0. The van der Waals surface area contributed by atoms with Gasteiger partial charge >= 0.3 is 12.0 Å². The highest BCUT2D eigenvalue weighted by molar-refractivity contribution is 5.96. The Labute approximate surface area is 116 Å². The van der Waals surface area contributed by atoms with Crippen LogP contribution in [0.3, 0.4) is 0 Å². The van der Waals surface area contributed by atoms with Crippen molar-refractivity contribution in [3.8, 4) is 5.75 Å². The molecule has 0 heterocycles. The largest absolute Gasteiger partial charge is 0.508 e. The minimum absolute atomic E-state index is 0.0424. The maximum atomic E-state index is 12.0. The Balaban J connectivity index is 2.70. The zero-order valence-corrected chi connectivity index (χ0v) is 11.2. The van der Waals surface area contributed by atoms with Crippen LogP contribution in [0.15, 0.2) is 24.3 Å². The average molecular weight is 282 g/mol. The van der Waals surface area contributed by atoms with Crippen LogP contribution in [0.5, 0.6) is 5.75 Å². The van der Waals surface area contributed by atoms with Crippen LogP contribution in [0.1, 0.15) is 6.92 Å². The summed E-state index contributed by atoms with van der Waals surface area (Å²) in [4.78, 5) is 23.9. The number of ether oxygens (including phenoxy) is 1. The van der Waals surface area contributed by atoms with Crippen molar-refractivity contribution in [2.24, 2.45) is 0 Å². The third-order valence-corrected chi connectivity index (χ3v) is 2.43. The predicted molar refractivity (Wildman–Crippen MR) is 73.0 cm³/mol. The van der Waals surface area contributed by atoms with Crippen LogP contribution in [-0.2, 0) is 9.53 Å². The number of carbonyl (C=O) groups is 2. The molecule has 0 saturated carbocycles. The summed E-state index contributed by atoms with van der Waals surface area (Å²) < 4.78 is 5.08. The first-order valence-electron chi connectivity index (χ1n) is 6.18.